The Labute approximate surface area is 146 Å². The molecule has 0 bridgehead atoms. The fourth-order valence-electron chi connectivity index (χ4n) is 4.58. The molecule has 1 aliphatic heterocycles. The van der Waals surface area contributed by atoms with Gasteiger partial charge >= 0.3 is 0 Å². The predicted octanol–water partition coefficient (Wildman–Crippen LogP) is 2.72. The molecule has 25 heavy (non-hydrogen) atoms. The number of anilines is 2. The average Bonchev–Trinajstić information content (AvgIpc) is 3.18. The number of benzene rings is 1. The monoisotopic (exact) mass is 334 g/mol. The third kappa shape index (κ3) is 2.13. The second-order valence-corrected chi connectivity index (χ2v) is 7.47. The molecule has 3 heterocycles. The van der Waals surface area contributed by atoms with Crippen LogP contribution in [0.5, 0.6) is 0 Å². The Morgan fingerprint density at radius 3 is 2.68 bits per heavy atom. The number of rotatable bonds is 2. The number of hydrogen-bond donors (Lipinski definition) is 1. The van der Waals surface area contributed by atoms with E-state index < -0.39 is 0 Å². The first-order valence-electron chi connectivity index (χ1n) is 8.91. The summed E-state index contributed by atoms with van der Waals surface area (Å²) in [5, 5.41) is 5.08. The average molecular weight is 334 g/mol. The van der Waals surface area contributed by atoms with Gasteiger partial charge in [-0.3, -0.25) is 4.68 Å². The van der Waals surface area contributed by atoms with Crippen molar-refractivity contribution in [1.29, 1.82) is 0 Å². The van der Waals surface area contributed by atoms with Crippen LogP contribution in [0, 0.1) is 5.41 Å². The zero-order chi connectivity index (χ0) is 17.0. The number of aryl methyl sites for hydroxylation is 1. The van der Waals surface area contributed by atoms with Gasteiger partial charge in [-0.1, -0.05) is 36.8 Å². The number of nitrogen functional groups attached to an aromatic ring is 1. The van der Waals surface area contributed by atoms with Crippen LogP contribution in [0.25, 0.3) is 11.0 Å². The van der Waals surface area contributed by atoms with Crippen molar-refractivity contribution in [2.45, 2.75) is 25.2 Å². The Hall–Kier alpha value is -2.63. The van der Waals surface area contributed by atoms with Crippen LogP contribution in [0.4, 0.5) is 11.8 Å². The van der Waals surface area contributed by atoms with Crippen LogP contribution in [-0.4, -0.2) is 32.8 Å². The molecule has 0 amide bonds. The number of nitrogens with two attached hydrogens (primary N) is 1. The van der Waals surface area contributed by atoms with E-state index in [2.05, 4.69) is 45.3 Å². The molecule has 2 N–H and O–H groups in total. The highest BCUT2D eigenvalue weighted by atomic mass is 15.3. The molecule has 128 valence electrons. The van der Waals surface area contributed by atoms with Crippen LogP contribution in [0.15, 0.2) is 36.5 Å². The van der Waals surface area contributed by atoms with E-state index >= 15 is 0 Å². The third-order valence-electron chi connectivity index (χ3n) is 6.09. The van der Waals surface area contributed by atoms with Crippen molar-refractivity contribution in [2.24, 2.45) is 12.5 Å². The van der Waals surface area contributed by atoms with Gasteiger partial charge < -0.3 is 10.6 Å². The second-order valence-electron chi connectivity index (χ2n) is 7.47. The summed E-state index contributed by atoms with van der Waals surface area (Å²) in [6, 6.07) is 10.9. The Bertz CT molecular complexity index is 928. The minimum absolute atomic E-state index is 0.362. The predicted molar refractivity (Wildman–Crippen MR) is 98.4 cm³/mol. The lowest BCUT2D eigenvalue weighted by Crippen LogP contribution is -2.36. The molecule has 5 rings (SSSR count). The summed E-state index contributed by atoms with van der Waals surface area (Å²) in [6.45, 7) is 1.96. The largest absolute Gasteiger partial charge is 0.383 e. The van der Waals surface area contributed by atoms with E-state index in [0.29, 0.717) is 17.2 Å². The molecule has 1 atom stereocenters. The Morgan fingerprint density at radius 1 is 1.16 bits per heavy atom. The van der Waals surface area contributed by atoms with E-state index in [1.54, 1.807) is 10.9 Å². The van der Waals surface area contributed by atoms with Gasteiger partial charge in [-0.05, 0) is 23.8 Å². The van der Waals surface area contributed by atoms with Gasteiger partial charge in [0.1, 0.15) is 5.82 Å². The van der Waals surface area contributed by atoms with E-state index in [1.165, 1.54) is 24.8 Å². The van der Waals surface area contributed by atoms with Gasteiger partial charge in [0.15, 0.2) is 5.65 Å². The van der Waals surface area contributed by atoms with Crippen LogP contribution in [0.3, 0.4) is 0 Å². The van der Waals surface area contributed by atoms with Crippen LogP contribution in [0.2, 0.25) is 0 Å². The van der Waals surface area contributed by atoms with Crippen LogP contribution < -0.4 is 10.6 Å². The first-order chi connectivity index (χ1) is 12.2. The summed E-state index contributed by atoms with van der Waals surface area (Å²) in [5.41, 5.74) is 8.76. The molecule has 2 fully saturated rings. The van der Waals surface area contributed by atoms with Gasteiger partial charge in [-0.25, -0.2) is 0 Å². The zero-order valence-corrected chi connectivity index (χ0v) is 14.4. The normalized spacial score (nSPS) is 21.8. The fourth-order valence-corrected chi connectivity index (χ4v) is 4.58. The fraction of sp³-hybridized carbons (Fsp3) is 0.421. The standard InChI is InChI=1S/C19H22N6/c1-24-17-14(10-21-24)16(20)22-18(23-17)25-11-15(13-6-3-2-4-7-13)19(12-25)8-5-9-19/h2-4,6-7,10,15H,5,8-9,11-12H2,1H3,(H2,20,22,23). The topological polar surface area (TPSA) is 72.9 Å². The molecule has 1 spiro atoms. The molecule has 2 aliphatic rings. The minimum atomic E-state index is 0.362. The van der Waals surface area contributed by atoms with E-state index in [-0.39, 0.29) is 0 Å². The highest BCUT2D eigenvalue weighted by Crippen LogP contribution is 2.56. The maximum Gasteiger partial charge on any atom is 0.229 e. The maximum absolute atomic E-state index is 6.17. The molecule has 3 aromatic rings. The minimum Gasteiger partial charge on any atom is -0.383 e. The summed E-state index contributed by atoms with van der Waals surface area (Å²) in [4.78, 5) is 11.7. The summed E-state index contributed by atoms with van der Waals surface area (Å²) < 4.78 is 1.76. The molecular weight excluding hydrogens is 312 g/mol. The van der Waals surface area contributed by atoms with E-state index in [0.717, 1.165) is 30.1 Å². The molecule has 0 radical (unpaired) electrons. The Kier molecular flexibility index (Phi) is 3.04. The molecule has 1 aromatic carbocycles. The van der Waals surface area contributed by atoms with Crippen molar-refractivity contribution in [2.75, 3.05) is 23.7 Å². The van der Waals surface area contributed by atoms with Crippen molar-refractivity contribution in [3.05, 3.63) is 42.1 Å². The molecule has 1 aliphatic carbocycles. The molecule has 1 saturated heterocycles. The summed E-state index contributed by atoms with van der Waals surface area (Å²) in [7, 11) is 1.89. The summed E-state index contributed by atoms with van der Waals surface area (Å²) in [6.07, 6.45) is 5.62. The van der Waals surface area contributed by atoms with Crippen molar-refractivity contribution in [3.63, 3.8) is 0 Å². The van der Waals surface area contributed by atoms with Gasteiger partial charge in [0.2, 0.25) is 5.95 Å². The van der Waals surface area contributed by atoms with Gasteiger partial charge in [-0.15, -0.1) is 0 Å². The number of hydrogen-bond acceptors (Lipinski definition) is 5. The maximum atomic E-state index is 6.17. The Balaban J connectivity index is 1.54. The van der Waals surface area contributed by atoms with Crippen LogP contribution in [0.1, 0.15) is 30.7 Å². The molecule has 6 nitrogen and oxygen atoms in total. The molecule has 1 unspecified atom stereocenters. The molecule has 6 heteroatoms. The van der Waals surface area contributed by atoms with Gasteiger partial charge in [0, 0.05) is 26.1 Å². The van der Waals surface area contributed by atoms with E-state index in [9.17, 15) is 0 Å². The molecule has 2 aromatic heterocycles. The van der Waals surface area contributed by atoms with E-state index in [1.807, 2.05) is 7.05 Å². The van der Waals surface area contributed by atoms with Crippen molar-refractivity contribution in [3.8, 4) is 0 Å². The first-order valence-corrected chi connectivity index (χ1v) is 8.91. The quantitative estimate of drug-likeness (QED) is 0.780. The third-order valence-corrected chi connectivity index (χ3v) is 6.09. The van der Waals surface area contributed by atoms with Crippen molar-refractivity contribution in [1.82, 2.24) is 19.7 Å². The smallest absolute Gasteiger partial charge is 0.229 e. The van der Waals surface area contributed by atoms with E-state index in [4.69, 9.17) is 10.7 Å². The number of fused-ring (bicyclic) bond motifs is 1. The van der Waals surface area contributed by atoms with Crippen LogP contribution >= 0.6 is 0 Å². The number of nitrogens with zero attached hydrogens (tertiary/aromatic N) is 5. The molecular formula is C19H22N6. The summed E-state index contributed by atoms with van der Waals surface area (Å²) >= 11 is 0. The number of aromatic nitrogens is 4. The van der Waals surface area contributed by atoms with Crippen LogP contribution in [-0.2, 0) is 7.05 Å². The Morgan fingerprint density at radius 2 is 1.96 bits per heavy atom. The van der Waals surface area contributed by atoms with Crippen molar-refractivity contribution >= 4 is 22.8 Å². The second kappa shape index (κ2) is 5.18. The lowest BCUT2D eigenvalue weighted by atomic mass is 9.61. The van der Waals surface area contributed by atoms with Gasteiger partial charge in [0.05, 0.1) is 11.6 Å². The first kappa shape index (κ1) is 14.7. The lowest BCUT2D eigenvalue weighted by Gasteiger charge is -2.43. The van der Waals surface area contributed by atoms with Gasteiger partial charge in [-0.2, -0.15) is 15.1 Å². The SMILES string of the molecule is Cn1ncc2c(N)nc(N3CC(c4ccccc4)C4(CCC4)C3)nc21. The zero-order valence-electron chi connectivity index (χ0n) is 14.4. The highest BCUT2D eigenvalue weighted by Gasteiger charge is 2.51. The van der Waals surface area contributed by atoms with Crippen molar-refractivity contribution < 1.29 is 0 Å². The molecule has 1 saturated carbocycles. The lowest BCUT2D eigenvalue weighted by molar-refractivity contribution is 0.139. The van der Waals surface area contributed by atoms with Gasteiger partial charge in [0.25, 0.3) is 0 Å². The highest BCUT2D eigenvalue weighted by molar-refractivity contribution is 5.86. The summed E-state index contributed by atoms with van der Waals surface area (Å²) in [5.74, 6) is 1.78.